The predicted molar refractivity (Wildman–Crippen MR) is 112 cm³/mol. The Bertz CT molecular complexity index is 892. The fraction of sp³-hybridized carbons (Fsp3) is 0.261. The maximum atomic E-state index is 11.9. The summed E-state index contributed by atoms with van der Waals surface area (Å²) >= 11 is 0. The lowest BCUT2D eigenvalue weighted by molar-refractivity contribution is -0.143. The molecule has 7 nitrogen and oxygen atoms in total. The van der Waals surface area contributed by atoms with E-state index in [2.05, 4.69) is 5.32 Å². The van der Waals surface area contributed by atoms with Gasteiger partial charge < -0.3 is 14.2 Å². The number of carbonyl (C=O) groups is 3. The van der Waals surface area contributed by atoms with Crippen molar-refractivity contribution in [2.75, 3.05) is 19.8 Å². The van der Waals surface area contributed by atoms with E-state index in [4.69, 9.17) is 14.2 Å². The van der Waals surface area contributed by atoms with Gasteiger partial charge in [0, 0.05) is 11.6 Å². The van der Waals surface area contributed by atoms with Gasteiger partial charge >= 0.3 is 5.97 Å². The van der Waals surface area contributed by atoms with Gasteiger partial charge in [0.25, 0.3) is 11.8 Å². The Morgan fingerprint density at radius 3 is 2.43 bits per heavy atom. The van der Waals surface area contributed by atoms with Crippen molar-refractivity contribution >= 4 is 23.9 Å². The van der Waals surface area contributed by atoms with E-state index in [1.54, 1.807) is 54.6 Å². The zero-order valence-electron chi connectivity index (χ0n) is 17.1. The van der Waals surface area contributed by atoms with Gasteiger partial charge in [-0.1, -0.05) is 31.2 Å². The molecular weight excluding hydrogens is 386 g/mol. The van der Waals surface area contributed by atoms with Gasteiger partial charge in [-0.25, -0.2) is 4.79 Å². The molecule has 0 atom stereocenters. The van der Waals surface area contributed by atoms with Gasteiger partial charge in [-0.15, -0.1) is 0 Å². The van der Waals surface area contributed by atoms with Crippen LogP contribution in [0.25, 0.3) is 6.08 Å². The van der Waals surface area contributed by atoms with E-state index < -0.39 is 24.4 Å². The fourth-order valence-electron chi connectivity index (χ4n) is 2.40. The predicted octanol–water partition coefficient (Wildman–Crippen LogP) is 3.39. The molecule has 0 fully saturated rings. The lowest BCUT2D eigenvalue weighted by atomic mass is 10.2. The maximum Gasteiger partial charge on any atom is 0.331 e. The summed E-state index contributed by atoms with van der Waals surface area (Å²) in [6.07, 6.45) is 3.62. The number of hydrogen-bond donors (Lipinski definition) is 1. The summed E-state index contributed by atoms with van der Waals surface area (Å²) in [6, 6.07) is 13.6. The average molecular weight is 411 g/mol. The number of carbonyl (C=O) groups excluding carboxylic acids is 3. The molecule has 0 bridgehead atoms. The first-order chi connectivity index (χ1) is 14.5. The Hall–Kier alpha value is -3.61. The number of ether oxygens (including phenoxy) is 3. The van der Waals surface area contributed by atoms with E-state index >= 15 is 0 Å². The molecule has 1 N–H and O–H groups in total. The van der Waals surface area contributed by atoms with Crippen LogP contribution in [0.2, 0.25) is 0 Å². The van der Waals surface area contributed by atoms with Gasteiger partial charge in [0.15, 0.2) is 18.1 Å². The lowest BCUT2D eigenvalue weighted by Gasteiger charge is -2.12. The first-order valence-corrected chi connectivity index (χ1v) is 9.67. The summed E-state index contributed by atoms with van der Waals surface area (Å²) in [5, 5.41) is 2.16. The van der Waals surface area contributed by atoms with Crippen LogP contribution >= 0.6 is 0 Å². The van der Waals surface area contributed by atoms with Gasteiger partial charge in [-0.3, -0.25) is 14.9 Å². The van der Waals surface area contributed by atoms with Crippen LogP contribution in [0.3, 0.4) is 0 Å². The molecular formula is C23H25NO6. The molecule has 0 saturated heterocycles. The highest BCUT2D eigenvalue weighted by Gasteiger charge is 2.11. The fourth-order valence-corrected chi connectivity index (χ4v) is 2.40. The van der Waals surface area contributed by atoms with E-state index in [0.717, 1.165) is 6.42 Å². The van der Waals surface area contributed by atoms with Crippen molar-refractivity contribution in [2.24, 2.45) is 0 Å². The second-order valence-corrected chi connectivity index (χ2v) is 6.17. The van der Waals surface area contributed by atoms with Gasteiger partial charge in [-0.2, -0.15) is 0 Å². The number of esters is 1. The Balaban J connectivity index is 1.87. The van der Waals surface area contributed by atoms with Crippen molar-refractivity contribution in [1.29, 1.82) is 0 Å². The highest BCUT2D eigenvalue weighted by atomic mass is 16.5. The number of imide groups is 1. The van der Waals surface area contributed by atoms with Crippen molar-refractivity contribution in [3.8, 4) is 11.5 Å². The van der Waals surface area contributed by atoms with Gasteiger partial charge in [-0.05, 0) is 49.2 Å². The highest BCUT2D eigenvalue weighted by Crippen LogP contribution is 2.29. The second kappa shape index (κ2) is 12.1. The van der Waals surface area contributed by atoms with Crippen molar-refractivity contribution < 1.29 is 28.6 Å². The Morgan fingerprint density at radius 2 is 1.73 bits per heavy atom. The minimum absolute atomic E-state index is 0.341. The Kier molecular flexibility index (Phi) is 9.12. The van der Waals surface area contributed by atoms with Crippen molar-refractivity contribution in [3.63, 3.8) is 0 Å². The Morgan fingerprint density at radius 1 is 0.967 bits per heavy atom. The molecule has 2 rings (SSSR count). The van der Waals surface area contributed by atoms with Crippen molar-refractivity contribution in [1.82, 2.24) is 5.32 Å². The summed E-state index contributed by atoms with van der Waals surface area (Å²) in [5.41, 5.74) is 1.05. The zero-order chi connectivity index (χ0) is 21.8. The quantitative estimate of drug-likeness (QED) is 0.476. The number of rotatable bonds is 10. The number of benzene rings is 2. The number of hydrogen-bond acceptors (Lipinski definition) is 6. The summed E-state index contributed by atoms with van der Waals surface area (Å²) in [6.45, 7) is 4.39. The third kappa shape index (κ3) is 7.43. The molecule has 0 aliphatic rings. The first-order valence-electron chi connectivity index (χ1n) is 9.67. The monoisotopic (exact) mass is 411 g/mol. The van der Waals surface area contributed by atoms with Crippen molar-refractivity contribution in [2.45, 2.75) is 20.3 Å². The topological polar surface area (TPSA) is 90.9 Å². The van der Waals surface area contributed by atoms with Crippen LogP contribution in [0.1, 0.15) is 36.2 Å². The smallest absolute Gasteiger partial charge is 0.331 e. The molecule has 0 aliphatic heterocycles. The van der Waals surface area contributed by atoms with Gasteiger partial charge in [0.1, 0.15) is 0 Å². The SMILES string of the molecule is CCCOc1ccc(/C=C/C(=O)OCC(=O)NC(=O)c2ccccc2)cc1OCC. The van der Waals surface area contributed by atoms with Crippen LogP contribution in [-0.4, -0.2) is 37.6 Å². The van der Waals surface area contributed by atoms with E-state index in [-0.39, 0.29) is 0 Å². The highest BCUT2D eigenvalue weighted by molar-refractivity contribution is 6.05. The normalized spacial score (nSPS) is 10.5. The van der Waals surface area contributed by atoms with Crippen LogP contribution < -0.4 is 14.8 Å². The molecule has 2 amide bonds. The third-order valence-corrected chi connectivity index (χ3v) is 3.78. The summed E-state index contributed by atoms with van der Waals surface area (Å²) in [5.74, 6) is -0.747. The Labute approximate surface area is 175 Å². The molecule has 0 spiro atoms. The largest absolute Gasteiger partial charge is 0.490 e. The minimum atomic E-state index is -0.707. The van der Waals surface area contributed by atoms with Crippen LogP contribution in [0.5, 0.6) is 11.5 Å². The molecule has 30 heavy (non-hydrogen) atoms. The molecule has 0 aromatic heterocycles. The third-order valence-electron chi connectivity index (χ3n) is 3.78. The average Bonchev–Trinajstić information content (AvgIpc) is 2.76. The molecule has 2 aromatic carbocycles. The molecule has 158 valence electrons. The molecule has 2 aromatic rings. The summed E-state index contributed by atoms with van der Waals surface area (Å²) < 4.78 is 16.1. The van der Waals surface area contributed by atoms with Crippen molar-refractivity contribution in [3.05, 3.63) is 65.7 Å². The zero-order valence-corrected chi connectivity index (χ0v) is 17.1. The second-order valence-electron chi connectivity index (χ2n) is 6.17. The summed E-state index contributed by atoms with van der Waals surface area (Å²) in [4.78, 5) is 35.5. The molecule has 0 saturated carbocycles. The van der Waals surface area contributed by atoms with E-state index in [0.29, 0.717) is 35.8 Å². The molecule has 0 heterocycles. The molecule has 0 radical (unpaired) electrons. The van der Waals surface area contributed by atoms with Crippen LogP contribution in [0.15, 0.2) is 54.6 Å². The van der Waals surface area contributed by atoms with Crippen LogP contribution in [0.4, 0.5) is 0 Å². The van der Waals surface area contributed by atoms with Gasteiger partial charge in [0.05, 0.1) is 13.2 Å². The van der Waals surface area contributed by atoms with Gasteiger partial charge in [0.2, 0.25) is 0 Å². The minimum Gasteiger partial charge on any atom is -0.490 e. The van der Waals surface area contributed by atoms with E-state index in [9.17, 15) is 14.4 Å². The van der Waals surface area contributed by atoms with E-state index in [1.807, 2.05) is 13.8 Å². The lowest BCUT2D eigenvalue weighted by Crippen LogP contribution is -2.33. The standard InChI is InChI=1S/C23H25NO6/c1-3-14-29-19-12-10-17(15-20(19)28-4-2)11-13-22(26)30-16-21(25)24-23(27)18-8-6-5-7-9-18/h5-13,15H,3-4,14,16H2,1-2H3,(H,24,25,27)/b13-11+. The first kappa shape index (κ1) is 22.7. The molecule has 0 aliphatic carbocycles. The maximum absolute atomic E-state index is 11.9. The molecule has 7 heteroatoms. The van der Waals surface area contributed by atoms with E-state index in [1.165, 1.54) is 6.08 Å². The molecule has 0 unspecified atom stereocenters. The van der Waals surface area contributed by atoms with Crippen LogP contribution in [0, 0.1) is 0 Å². The summed E-state index contributed by atoms with van der Waals surface area (Å²) in [7, 11) is 0. The van der Waals surface area contributed by atoms with Crippen LogP contribution in [-0.2, 0) is 14.3 Å². The number of nitrogens with one attached hydrogen (secondary N) is 1. The number of amides is 2.